The zero-order chi connectivity index (χ0) is 32.0. The number of nitrogens with one attached hydrogen (secondary N) is 1. The first kappa shape index (κ1) is 34.7. The van der Waals surface area contributed by atoms with Crippen molar-refractivity contribution < 1.29 is 18.0 Å². The predicted molar refractivity (Wildman–Crippen MR) is 180 cm³/mol. The first-order valence-electron chi connectivity index (χ1n) is 14.0. The monoisotopic (exact) mass is 717 g/mol. The van der Waals surface area contributed by atoms with Crippen molar-refractivity contribution in [2.24, 2.45) is 0 Å². The third-order valence-corrected chi connectivity index (χ3v) is 10.3. The van der Waals surface area contributed by atoms with Gasteiger partial charge in [-0.05, 0) is 48.2 Å². The molecule has 0 unspecified atom stereocenters. The summed E-state index contributed by atoms with van der Waals surface area (Å²) in [6.07, 6.45) is 5.95. The van der Waals surface area contributed by atoms with Gasteiger partial charge >= 0.3 is 0 Å². The van der Waals surface area contributed by atoms with Crippen LogP contribution in [0.25, 0.3) is 0 Å². The molecule has 236 valence electrons. The number of amides is 2. The quantitative estimate of drug-likeness (QED) is 0.205. The highest BCUT2D eigenvalue weighted by Crippen LogP contribution is 2.36. The van der Waals surface area contributed by atoms with Crippen LogP contribution in [-0.2, 0) is 32.6 Å². The summed E-state index contributed by atoms with van der Waals surface area (Å²) in [6, 6.07) is 15.8. The Bertz CT molecular complexity index is 1600. The second kappa shape index (κ2) is 15.4. The molecule has 0 heterocycles. The molecule has 44 heavy (non-hydrogen) atoms. The first-order valence-corrected chi connectivity index (χ1v) is 17.8. The molecule has 1 saturated carbocycles. The fourth-order valence-corrected chi connectivity index (χ4v) is 7.24. The highest BCUT2D eigenvalue weighted by atomic mass is 35.5. The molecule has 4 rings (SSSR count). The molecule has 0 aliphatic heterocycles. The van der Waals surface area contributed by atoms with E-state index in [1.54, 1.807) is 18.2 Å². The van der Waals surface area contributed by atoms with Gasteiger partial charge in [-0.25, -0.2) is 8.42 Å². The summed E-state index contributed by atoms with van der Waals surface area (Å²) in [6.45, 7) is -0.749. The van der Waals surface area contributed by atoms with Crippen LogP contribution in [-0.4, -0.2) is 50.0 Å². The minimum atomic E-state index is -4.06. The van der Waals surface area contributed by atoms with E-state index < -0.39 is 28.5 Å². The average Bonchev–Trinajstić information content (AvgIpc) is 2.97. The van der Waals surface area contributed by atoms with Gasteiger partial charge in [0.15, 0.2) is 0 Å². The van der Waals surface area contributed by atoms with Crippen molar-refractivity contribution in [3.8, 4) is 0 Å². The average molecular weight is 720 g/mol. The maximum Gasteiger partial charge on any atom is 0.244 e. The maximum absolute atomic E-state index is 14.3. The summed E-state index contributed by atoms with van der Waals surface area (Å²) in [5, 5.41) is 4.03. The number of nitrogens with zero attached hydrogens (tertiary/aromatic N) is 2. The lowest BCUT2D eigenvalue weighted by molar-refractivity contribution is -0.140. The number of hydrogen-bond donors (Lipinski definition) is 1. The minimum Gasteiger partial charge on any atom is -0.352 e. The molecule has 3 aromatic carbocycles. The van der Waals surface area contributed by atoms with E-state index in [4.69, 9.17) is 58.0 Å². The number of carbonyl (C=O) groups is 2. The summed E-state index contributed by atoms with van der Waals surface area (Å²) in [5.74, 6) is -0.985. The minimum absolute atomic E-state index is 0.0132. The van der Waals surface area contributed by atoms with E-state index in [9.17, 15) is 18.0 Å². The summed E-state index contributed by atoms with van der Waals surface area (Å²) >= 11 is 31.3. The number of benzene rings is 3. The van der Waals surface area contributed by atoms with Gasteiger partial charge in [0.25, 0.3) is 0 Å². The molecular formula is C31H32Cl5N3O4S. The summed E-state index contributed by atoms with van der Waals surface area (Å²) in [5.41, 5.74) is 1.34. The first-order chi connectivity index (χ1) is 20.8. The molecule has 3 aromatic rings. The SMILES string of the molecule is CS(=O)(=O)N(CC(=O)N(Cc1ccc(Cl)cc1Cl)[C@H](Cc1ccccc1)C(=O)NC1CCCCC1)c1cc(Cl)c(Cl)cc1Cl. The molecular weight excluding hydrogens is 688 g/mol. The Labute approximate surface area is 283 Å². The molecule has 0 aromatic heterocycles. The lowest BCUT2D eigenvalue weighted by Gasteiger charge is -2.35. The zero-order valence-electron chi connectivity index (χ0n) is 23.9. The van der Waals surface area contributed by atoms with E-state index in [0.29, 0.717) is 15.6 Å². The molecule has 1 N–H and O–H groups in total. The molecule has 0 saturated heterocycles. The van der Waals surface area contributed by atoms with E-state index in [2.05, 4.69) is 5.32 Å². The number of sulfonamides is 1. The molecule has 1 aliphatic rings. The Hall–Kier alpha value is -2.20. The van der Waals surface area contributed by atoms with Crippen LogP contribution in [0.5, 0.6) is 0 Å². The van der Waals surface area contributed by atoms with E-state index >= 15 is 0 Å². The Kier molecular flexibility index (Phi) is 12.1. The predicted octanol–water partition coefficient (Wildman–Crippen LogP) is 7.81. The van der Waals surface area contributed by atoms with Crippen LogP contribution in [0, 0.1) is 0 Å². The third-order valence-electron chi connectivity index (χ3n) is 7.52. The smallest absolute Gasteiger partial charge is 0.244 e. The summed E-state index contributed by atoms with van der Waals surface area (Å²) in [7, 11) is -4.06. The topological polar surface area (TPSA) is 86.8 Å². The van der Waals surface area contributed by atoms with E-state index in [0.717, 1.165) is 48.2 Å². The van der Waals surface area contributed by atoms with Gasteiger partial charge in [0.05, 0.1) is 27.0 Å². The molecule has 1 aliphatic carbocycles. The van der Waals surface area contributed by atoms with Crippen LogP contribution in [0.4, 0.5) is 5.69 Å². The van der Waals surface area contributed by atoms with Crippen molar-refractivity contribution >= 4 is 85.5 Å². The molecule has 1 fully saturated rings. The maximum atomic E-state index is 14.3. The van der Waals surface area contributed by atoms with Crippen LogP contribution in [0.2, 0.25) is 25.1 Å². The van der Waals surface area contributed by atoms with Gasteiger partial charge < -0.3 is 10.2 Å². The highest BCUT2D eigenvalue weighted by molar-refractivity contribution is 7.92. The Morgan fingerprint density at radius 1 is 0.864 bits per heavy atom. The number of carbonyl (C=O) groups excluding carboxylic acids is 2. The summed E-state index contributed by atoms with van der Waals surface area (Å²) < 4.78 is 27.0. The number of hydrogen-bond acceptors (Lipinski definition) is 4. The molecule has 0 radical (unpaired) electrons. The molecule has 1 atom stereocenters. The highest BCUT2D eigenvalue weighted by Gasteiger charge is 2.35. The van der Waals surface area contributed by atoms with Gasteiger partial charge in [0.2, 0.25) is 21.8 Å². The van der Waals surface area contributed by atoms with Crippen LogP contribution in [0.3, 0.4) is 0 Å². The van der Waals surface area contributed by atoms with Crippen LogP contribution < -0.4 is 9.62 Å². The molecule has 7 nitrogen and oxygen atoms in total. The molecule has 13 heteroatoms. The Morgan fingerprint density at radius 3 is 2.16 bits per heavy atom. The fourth-order valence-electron chi connectivity index (χ4n) is 5.23. The molecule has 0 bridgehead atoms. The zero-order valence-corrected chi connectivity index (χ0v) is 28.5. The van der Waals surface area contributed by atoms with Gasteiger partial charge in [-0.1, -0.05) is 114 Å². The third kappa shape index (κ3) is 9.18. The van der Waals surface area contributed by atoms with E-state index in [1.165, 1.54) is 17.0 Å². The molecule has 0 spiro atoms. The fraction of sp³-hybridized carbons (Fsp3) is 0.355. The Balaban J connectivity index is 1.77. The van der Waals surface area contributed by atoms with Gasteiger partial charge in [-0.15, -0.1) is 0 Å². The normalized spacial score (nSPS) is 14.6. The van der Waals surface area contributed by atoms with Crippen molar-refractivity contribution in [1.82, 2.24) is 10.2 Å². The van der Waals surface area contributed by atoms with Crippen molar-refractivity contribution in [3.63, 3.8) is 0 Å². The number of rotatable bonds is 11. The van der Waals surface area contributed by atoms with Gasteiger partial charge in [0.1, 0.15) is 12.6 Å². The van der Waals surface area contributed by atoms with Crippen LogP contribution >= 0.6 is 58.0 Å². The standard InChI is InChI=1S/C31H32Cl5N3O4S/c1-44(42,43)39(28-17-26(35)25(34)16-27(28)36)19-30(40)38(18-21-12-13-22(32)15-24(21)33)29(14-20-8-4-2-5-9-20)31(41)37-23-10-6-3-7-11-23/h2,4-5,8-9,12-13,15-17,23,29H,3,6-7,10-11,14,18-19H2,1H3,(H,37,41)/t29-/m1/s1. The number of anilines is 1. The van der Waals surface area contributed by atoms with Gasteiger partial charge in [0, 0.05) is 29.1 Å². The Morgan fingerprint density at radius 2 is 1.52 bits per heavy atom. The van der Waals surface area contributed by atoms with E-state index in [1.807, 2.05) is 30.3 Å². The van der Waals surface area contributed by atoms with Crippen molar-refractivity contribution in [1.29, 1.82) is 0 Å². The second-order valence-corrected chi connectivity index (χ2v) is 14.8. The van der Waals surface area contributed by atoms with Crippen molar-refractivity contribution in [3.05, 3.63) is 96.9 Å². The second-order valence-electron chi connectivity index (χ2n) is 10.8. The van der Waals surface area contributed by atoms with Crippen molar-refractivity contribution in [2.75, 3.05) is 17.1 Å². The van der Waals surface area contributed by atoms with E-state index in [-0.39, 0.29) is 45.7 Å². The summed E-state index contributed by atoms with van der Waals surface area (Å²) in [4.78, 5) is 29.7. The van der Waals surface area contributed by atoms with Gasteiger partial charge in [-0.2, -0.15) is 0 Å². The van der Waals surface area contributed by atoms with Crippen LogP contribution in [0.1, 0.15) is 43.2 Å². The largest absolute Gasteiger partial charge is 0.352 e. The lowest BCUT2D eigenvalue weighted by atomic mass is 9.94. The van der Waals surface area contributed by atoms with Crippen LogP contribution in [0.15, 0.2) is 60.7 Å². The molecule has 2 amide bonds. The lowest BCUT2D eigenvalue weighted by Crippen LogP contribution is -2.55. The number of halogens is 5. The van der Waals surface area contributed by atoms with Crippen molar-refractivity contribution in [2.45, 2.75) is 57.2 Å². The van der Waals surface area contributed by atoms with Gasteiger partial charge in [-0.3, -0.25) is 13.9 Å².